The zero-order valence-electron chi connectivity index (χ0n) is 13.2. The molecule has 2 rings (SSSR count). The Bertz CT molecular complexity index is 532. The predicted molar refractivity (Wildman–Crippen MR) is 79.3 cm³/mol. The Morgan fingerprint density at radius 3 is 1.58 bits per heavy atom. The highest BCUT2D eigenvalue weighted by Gasteiger charge is 2.59. The van der Waals surface area contributed by atoms with E-state index in [0.717, 1.165) is 0 Å². The number of hydrogen-bond acceptors (Lipinski definition) is 4. The summed E-state index contributed by atoms with van der Waals surface area (Å²) >= 11 is 0. The van der Waals surface area contributed by atoms with Gasteiger partial charge in [0.15, 0.2) is 5.41 Å². The fourth-order valence-electron chi connectivity index (χ4n) is 4.42. The minimum absolute atomic E-state index is 0.0114. The Labute approximate surface area is 138 Å². The summed E-state index contributed by atoms with van der Waals surface area (Å²) < 4.78 is 0. The van der Waals surface area contributed by atoms with E-state index in [9.17, 15) is 34.5 Å². The Hall–Kier alpha value is -2.12. The van der Waals surface area contributed by atoms with Crippen LogP contribution >= 0.6 is 0 Å². The van der Waals surface area contributed by atoms with Crippen LogP contribution in [0, 0.1) is 29.1 Å². The van der Waals surface area contributed by atoms with E-state index in [4.69, 9.17) is 5.11 Å². The number of carbonyl (C=O) groups is 4. The van der Waals surface area contributed by atoms with Crippen molar-refractivity contribution in [3.05, 3.63) is 0 Å². The quantitative estimate of drug-likeness (QED) is 0.549. The molecule has 0 saturated heterocycles. The third kappa shape index (κ3) is 3.09. The van der Waals surface area contributed by atoms with Gasteiger partial charge in [-0.05, 0) is 56.8 Å². The zero-order chi connectivity index (χ0) is 18.1. The van der Waals surface area contributed by atoms with Gasteiger partial charge >= 0.3 is 23.9 Å². The van der Waals surface area contributed by atoms with E-state index in [1.807, 2.05) is 0 Å². The molecule has 24 heavy (non-hydrogen) atoms. The molecule has 8 nitrogen and oxygen atoms in total. The molecule has 8 heteroatoms. The second kappa shape index (κ2) is 6.78. The maximum Gasteiger partial charge on any atom is 0.321 e. The maximum atomic E-state index is 11.7. The molecule has 134 valence electrons. The van der Waals surface area contributed by atoms with Crippen molar-refractivity contribution >= 4 is 23.9 Å². The lowest BCUT2D eigenvalue weighted by molar-refractivity contribution is -0.182. The maximum absolute atomic E-state index is 11.7. The molecule has 0 aliphatic heterocycles. The molecule has 0 heterocycles. The van der Waals surface area contributed by atoms with Gasteiger partial charge in [-0.25, -0.2) is 0 Å². The Kier molecular flexibility index (Phi) is 5.15. The van der Waals surface area contributed by atoms with E-state index < -0.39 is 41.1 Å². The molecule has 4 N–H and O–H groups in total. The van der Waals surface area contributed by atoms with E-state index >= 15 is 0 Å². The van der Waals surface area contributed by atoms with Gasteiger partial charge in [-0.1, -0.05) is 0 Å². The van der Waals surface area contributed by atoms with Crippen molar-refractivity contribution in [1.29, 1.82) is 0 Å². The minimum Gasteiger partial charge on any atom is -0.481 e. The molecule has 0 aromatic carbocycles. The van der Waals surface area contributed by atoms with Crippen molar-refractivity contribution in [2.24, 2.45) is 29.1 Å². The Morgan fingerprint density at radius 2 is 1.17 bits per heavy atom. The van der Waals surface area contributed by atoms with Gasteiger partial charge in [0.1, 0.15) is 0 Å². The van der Waals surface area contributed by atoms with Crippen LogP contribution in [0.4, 0.5) is 0 Å². The Balaban J connectivity index is 2.19. The molecule has 0 aromatic heterocycles. The highest BCUT2D eigenvalue weighted by molar-refractivity contribution is 6.02. The number of carboxylic acid groups (broad SMARTS) is 4. The van der Waals surface area contributed by atoms with Crippen molar-refractivity contribution in [2.75, 3.05) is 0 Å². The standard InChI is InChI=1S/C16H22O8/c17-12(18)9-3-1-8(2-4-9)10-5-6-11(13(19)20)16(7-10,14(21)22)15(23)24/h8-11H,1-7H2,(H,17,18)(H,19,20)(H,21,22)(H,23,24). The summed E-state index contributed by atoms with van der Waals surface area (Å²) in [7, 11) is 0. The van der Waals surface area contributed by atoms with Crippen LogP contribution in [0.5, 0.6) is 0 Å². The lowest BCUT2D eigenvalue weighted by Gasteiger charge is -2.43. The molecule has 0 aromatic rings. The lowest BCUT2D eigenvalue weighted by Crippen LogP contribution is -2.53. The van der Waals surface area contributed by atoms with Crippen LogP contribution in [0.25, 0.3) is 0 Å². The summed E-state index contributed by atoms with van der Waals surface area (Å²) in [6, 6.07) is 0. The third-order valence-electron chi connectivity index (χ3n) is 5.85. The van der Waals surface area contributed by atoms with Gasteiger partial charge in [0, 0.05) is 0 Å². The number of aliphatic carboxylic acids is 4. The van der Waals surface area contributed by atoms with Gasteiger partial charge in [0.2, 0.25) is 0 Å². The van der Waals surface area contributed by atoms with Crippen LogP contribution in [0.3, 0.4) is 0 Å². The van der Waals surface area contributed by atoms with Crippen molar-refractivity contribution in [2.45, 2.75) is 44.9 Å². The van der Waals surface area contributed by atoms with Crippen LogP contribution in [0.15, 0.2) is 0 Å². The average molecular weight is 342 g/mol. The zero-order valence-corrected chi connectivity index (χ0v) is 13.2. The monoisotopic (exact) mass is 342 g/mol. The number of carboxylic acids is 4. The van der Waals surface area contributed by atoms with Crippen molar-refractivity contribution in [1.82, 2.24) is 0 Å². The molecule has 2 atom stereocenters. The molecular formula is C16H22O8. The van der Waals surface area contributed by atoms with E-state index in [-0.39, 0.29) is 24.7 Å². The highest BCUT2D eigenvalue weighted by atomic mass is 16.4. The summed E-state index contributed by atoms with van der Waals surface area (Å²) in [6.45, 7) is 0. The molecule has 2 fully saturated rings. The summed E-state index contributed by atoms with van der Waals surface area (Å²) in [5, 5.41) is 37.3. The molecule has 2 aliphatic carbocycles. The van der Waals surface area contributed by atoms with Gasteiger partial charge in [0.25, 0.3) is 0 Å². The summed E-state index contributed by atoms with van der Waals surface area (Å²) in [5.74, 6) is -7.45. The summed E-state index contributed by atoms with van der Waals surface area (Å²) in [4.78, 5) is 45.8. The first kappa shape index (κ1) is 18.2. The van der Waals surface area contributed by atoms with Gasteiger partial charge in [-0.3, -0.25) is 19.2 Å². The second-order valence-electron chi connectivity index (χ2n) is 6.96. The minimum atomic E-state index is -2.31. The Morgan fingerprint density at radius 1 is 0.667 bits per heavy atom. The normalized spacial score (nSPS) is 32.7. The van der Waals surface area contributed by atoms with Gasteiger partial charge in [-0.15, -0.1) is 0 Å². The smallest absolute Gasteiger partial charge is 0.321 e. The van der Waals surface area contributed by atoms with E-state index in [1.54, 1.807) is 0 Å². The van der Waals surface area contributed by atoms with Crippen molar-refractivity contribution in [3.63, 3.8) is 0 Å². The summed E-state index contributed by atoms with van der Waals surface area (Å²) in [5.41, 5.74) is -2.31. The first-order valence-electron chi connectivity index (χ1n) is 8.12. The molecule has 0 spiro atoms. The molecule has 2 unspecified atom stereocenters. The first-order valence-corrected chi connectivity index (χ1v) is 8.12. The first-order chi connectivity index (χ1) is 11.2. The lowest BCUT2D eigenvalue weighted by atomic mass is 9.58. The number of hydrogen-bond donors (Lipinski definition) is 4. The molecule has 0 radical (unpaired) electrons. The van der Waals surface area contributed by atoms with Crippen molar-refractivity contribution < 1.29 is 39.6 Å². The predicted octanol–water partition coefficient (Wildman–Crippen LogP) is 1.53. The molecular weight excluding hydrogens is 320 g/mol. The average Bonchev–Trinajstić information content (AvgIpc) is 2.53. The van der Waals surface area contributed by atoms with E-state index in [1.165, 1.54) is 0 Å². The van der Waals surface area contributed by atoms with Crippen molar-refractivity contribution in [3.8, 4) is 0 Å². The van der Waals surface area contributed by atoms with Crippen LogP contribution < -0.4 is 0 Å². The molecule has 2 aliphatic rings. The van der Waals surface area contributed by atoms with Crippen LogP contribution in [-0.2, 0) is 19.2 Å². The van der Waals surface area contributed by atoms with E-state index in [0.29, 0.717) is 32.1 Å². The number of rotatable bonds is 5. The second-order valence-corrected chi connectivity index (χ2v) is 6.96. The van der Waals surface area contributed by atoms with E-state index in [2.05, 4.69) is 0 Å². The molecule has 0 amide bonds. The SMILES string of the molecule is O=C(O)C1CCC(C2CCC(C(=O)O)C(C(=O)O)(C(=O)O)C2)CC1. The largest absolute Gasteiger partial charge is 0.481 e. The highest BCUT2D eigenvalue weighted by Crippen LogP contribution is 2.49. The van der Waals surface area contributed by atoms with Crippen LogP contribution in [0.1, 0.15) is 44.9 Å². The van der Waals surface area contributed by atoms with Gasteiger partial charge < -0.3 is 20.4 Å². The topological polar surface area (TPSA) is 149 Å². The van der Waals surface area contributed by atoms with Gasteiger partial charge in [0.05, 0.1) is 11.8 Å². The third-order valence-corrected chi connectivity index (χ3v) is 5.85. The van der Waals surface area contributed by atoms with Crippen LogP contribution in [-0.4, -0.2) is 44.3 Å². The fourth-order valence-corrected chi connectivity index (χ4v) is 4.42. The summed E-state index contributed by atoms with van der Waals surface area (Å²) in [6.07, 6.45) is 2.46. The molecule has 0 bridgehead atoms. The fraction of sp³-hybridized carbons (Fsp3) is 0.750. The van der Waals surface area contributed by atoms with Gasteiger partial charge in [-0.2, -0.15) is 0 Å². The van der Waals surface area contributed by atoms with Crippen LogP contribution in [0.2, 0.25) is 0 Å². The molecule has 2 saturated carbocycles.